The van der Waals surface area contributed by atoms with Gasteiger partial charge in [-0.1, -0.05) is 24.3 Å². The van der Waals surface area contributed by atoms with Gasteiger partial charge in [-0.3, -0.25) is 4.79 Å². The Balaban J connectivity index is 2.33. The van der Waals surface area contributed by atoms with Gasteiger partial charge in [0.05, 0.1) is 5.56 Å². The molecular formula is C15H16N2O3. The third-order valence-electron chi connectivity index (χ3n) is 3.13. The number of aromatic amines is 1. The minimum atomic E-state index is -1.07. The number of aliphatic carboxylic acids is 1. The Kier molecular flexibility index (Phi) is 3.89. The van der Waals surface area contributed by atoms with Gasteiger partial charge in [-0.15, -0.1) is 6.58 Å². The van der Waals surface area contributed by atoms with E-state index in [-0.39, 0.29) is 6.42 Å². The van der Waals surface area contributed by atoms with E-state index in [9.17, 15) is 9.59 Å². The molecule has 0 saturated heterocycles. The molecule has 0 aliphatic carbocycles. The molecule has 1 heterocycles. The average Bonchev–Trinajstić information content (AvgIpc) is 2.73. The molecule has 5 heteroatoms. The number of amides is 1. The second-order valence-corrected chi connectivity index (χ2v) is 4.56. The quantitative estimate of drug-likeness (QED) is 0.730. The van der Waals surface area contributed by atoms with E-state index in [4.69, 9.17) is 5.11 Å². The van der Waals surface area contributed by atoms with Crippen LogP contribution in [0.2, 0.25) is 0 Å². The van der Waals surface area contributed by atoms with Gasteiger partial charge in [0.15, 0.2) is 0 Å². The molecule has 0 spiro atoms. The molecule has 0 radical (unpaired) electrons. The van der Waals surface area contributed by atoms with E-state index in [0.717, 1.165) is 10.9 Å². The van der Waals surface area contributed by atoms with E-state index in [1.807, 2.05) is 24.3 Å². The third kappa shape index (κ3) is 2.56. The van der Waals surface area contributed by atoms with Crippen molar-refractivity contribution < 1.29 is 14.7 Å². The van der Waals surface area contributed by atoms with Crippen LogP contribution in [0.4, 0.5) is 0 Å². The number of aromatic nitrogens is 1. The van der Waals surface area contributed by atoms with Gasteiger partial charge in [0.1, 0.15) is 6.04 Å². The molecule has 5 nitrogen and oxygen atoms in total. The zero-order valence-electron chi connectivity index (χ0n) is 11.1. The first-order valence-corrected chi connectivity index (χ1v) is 6.26. The first kappa shape index (κ1) is 13.9. The predicted octanol–water partition coefficient (Wildman–Crippen LogP) is 2.24. The van der Waals surface area contributed by atoms with Crippen LogP contribution < -0.4 is 5.32 Å². The average molecular weight is 272 g/mol. The van der Waals surface area contributed by atoms with Gasteiger partial charge in [0, 0.05) is 16.6 Å². The van der Waals surface area contributed by atoms with Crippen LogP contribution in [-0.2, 0) is 4.79 Å². The molecule has 1 aromatic carbocycles. The van der Waals surface area contributed by atoms with Crippen molar-refractivity contribution in [1.29, 1.82) is 0 Å². The Morgan fingerprint density at radius 2 is 2.15 bits per heavy atom. The minimum absolute atomic E-state index is 0.183. The molecule has 2 rings (SSSR count). The summed E-state index contributed by atoms with van der Waals surface area (Å²) in [4.78, 5) is 26.5. The number of carbonyl (C=O) groups excluding carboxylic acids is 1. The van der Waals surface area contributed by atoms with Crippen molar-refractivity contribution in [2.45, 2.75) is 19.4 Å². The summed E-state index contributed by atoms with van der Waals surface area (Å²) in [6.07, 6.45) is 1.66. The lowest BCUT2D eigenvalue weighted by molar-refractivity contribution is -0.139. The van der Waals surface area contributed by atoms with Gasteiger partial charge < -0.3 is 15.4 Å². The molecule has 3 N–H and O–H groups in total. The fourth-order valence-corrected chi connectivity index (χ4v) is 2.19. The maximum Gasteiger partial charge on any atom is 0.326 e. The number of H-pyrrole nitrogens is 1. The molecule has 0 fully saturated rings. The monoisotopic (exact) mass is 272 g/mol. The van der Waals surface area contributed by atoms with Crippen LogP contribution in [0, 0.1) is 6.92 Å². The summed E-state index contributed by atoms with van der Waals surface area (Å²) in [5.74, 6) is -1.47. The number of hydrogen-bond acceptors (Lipinski definition) is 2. The molecule has 1 unspecified atom stereocenters. The molecule has 1 atom stereocenters. The number of hydrogen-bond donors (Lipinski definition) is 3. The topological polar surface area (TPSA) is 82.2 Å². The molecule has 20 heavy (non-hydrogen) atoms. The molecule has 0 saturated carbocycles. The highest BCUT2D eigenvalue weighted by Gasteiger charge is 2.22. The lowest BCUT2D eigenvalue weighted by atomic mass is 10.1. The molecule has 0 bridgehead atoms. The van der Waals surface area contributed by atoms with Crippen LogP contribution in [0.15, 0.2) is 36.9 Å². The smallest absolute Gasteiger partial charge is 0.326 e. The summed E-state index contributed by atoms with van der Waals surface area (Å²) < 4.78 is 0. The Morgan fingerprint density at radius 3 is 2.80 bits per heavy atom. The van der Waals surface area contributed by atoms with Crippen molar-refractivity contribution in [3.8, 4) is 0 Å². The summed E-state index contributed by atoms with van der Waals surface area (Å²) in [6.45, 7) is 5.29. The Bertz CT molecular complexity index is 673. The highest BCUT2D eigenvalue weighted by molar-refractivity contribution is 6.08. The fraction of sp³-hybridized carbons (Fsp3) is 0.200. The van der Waals surface area contributed by atoms with Gasteiger partial charge in [-0.25, -0.2) is 4.79 Å². The lowest BCUT2D eigenvalue weighted by Gasteiger charge is -2.12. The van der Waals surface area contributed by atoms with Gasteiger partial charge in [0.2, 0.25) is 0 Å². The molecule has 1 amide bonds. The number of carboxylic acid groups (broad SMARTS) is 1. The van der Waals surface area contributed by atoms with Crippen molar-refractivity contribution in [2.75, 3.05) is 0 Å². The van der Waals surface area contributed by atoms with E-state index in [1.54, 1.807) is 6.92 Å². The SMILES string of the molecule is C=CCC(NC(=O)c1c(C)[nH]c2ccccc12)C(=O)O. The zero-order valence-corrected chi connectivity index (χ0v) is 11.1. The Morgan fingerprint density at radius 1 is 1.45 bits per heavy atom. The van der Waals surface area contributed by atoms with Crippen molar-refractivity contribution in [3.63, 3.8) is 0 Å². The van der Waals surface area contributed by atoms with Crippen molar-refractivity contribution in [2.24, 2.45) is 0 Å². The summed E-state index contributed by atoms with van der Waals surface area (Å²) >= 11 is 0. The minimum Gasteiger partial charge on any atom is -0.480 e. The van der Waals surface area contributed by atoms with Crippen LogP contribution >= 0.6 is 0 Å². The number of benzene rings is 1. The van der Waals surface area contributed by atoms with E-state index in [0.29, 0.717) is 11.3 Å². The predicted molar refractivity (Wildman–Crippen MR) is 76.7 cm³/mol. The van der Waals surface area contributed by atoms with Gasteiger partial charge in [0.25, 0.3) is 5.91 Å². The molecule has 2 aromatic rings. The number of fused-ring (bicyclic) bond motifs is 1. The summed E-state index contributed by atoms with van der Waals surface area (Å²) in [6, 6.07) is 6.45. The fourth-order valence-electron chi connectivity index (χ4n) is 2.19. The van der Waals surface area contributed by atoms with Crippen LogP contribution in [-0.4, -0.2) is 28.0 Å². The van der Waals surface area contributed by atoms with E-state index >= 15 is 0 Å². The van der Waals surface area contributed by atoms with Crippen LogP contribution in [0.25, 0.3) is 10.9 Å². The van der Waals surface area contributed by atoms with Gasteiger partial charge >= 0.3 is 5.97 Å². The summed E-state index contributed by atoms with van der Waals surface area (Å²) in [7, 11) is 0. The van der Waals surface area contributed by atoms with Gasteiger partial charge in [-0.05, 0) is 19.4 Å². The number of aryl methyl sites for hydroxylation is 1. The number of nitrogens with one attached hydrogen (secondary N) is 2. The van der Waals surface area contributed by atoms with Gasteiger partial charge in [-0.2, -0.15) is 0 Å². The first-order valence-electron chi connectivity index (χ1n) is 6.26. The van der Waals surface area contributed by atoms with E-state index in [1.165, 1.54) is 6.08 Å². The lowest BCUT2D eigenvalue weighted by Crippen LogP contribution is -2.40. The van der Waals surface area contributed by atoms with Crippen LogP contribution in [0.3, 0.4) is 0 Å². The number of para-hydroxylation sites is 1. The van der Waals surface area contributed by atoms with E-state index in [2.05, 4.69) is 16.9 Å². The molecular weight excluding hydrogens is 256 g/mol. The Labute approximate surface area is 116 Å². The molecule has 1 aromatic heterocycles. The molecule has 104 valence electrons. The Hall–Kier alpha value is -2.56. The standard InChI is InChI=1S/C15H16N2O3/c1-3-6-12(15(19)20)17-14(18)13-9(2)16-11-8-5-4-7-10(11)13/h3-5,7-8,12,16H,1,6H2,2H3,(H,17,18)(H,19,20). The third-order valence-corrected chi connectivity index (χ3v) is 3.13. The number of carbonyl (C=O) groups is 2. The first-order chi connectivity index (χ1) is 9.54. The van der Waals surface area contributed by atoms with Crippen molar-refractivity contribution in [3.05, 3.63) is 48.2 Å². The normalized spacial score (nSPS) is 12.1. The van der Waals surface area contributed by atoms with Crippen LogP contribution in [0.5, 0.6) is 0 Å². The summed E-state index contributed by atoms with van der Waals surface area (Å²) in [5.41, 5.74) is 2.05. The van der Waals surface area contributed by atoms with E-state index < -0.39 is 17.9 Å². The van der Waals surface area contributed by atoms with Crippen molar-refractivity contribution >= 4 is 22.8 Å². The maximum absolute atomic E-state index is 12.3. The largest absolute Gasteiger partial charge is 0.480 e. The second-order valence-electron chi connectivity index (χ2n) is 4.56. The molecule has 0 aliphatic heterocycles. The molecule has 0 aliphatic rings. The zero-order chi connectivity index (χ0) is 14.7. The number of carboxylic acids is 1. The second kappa shape index (κ2) is 5.61. The highest BCUT2D eigenvalue weighted by Crippen LogP contribution is 2.21. The van der Waals surface area contributed by atoms with Crippen LogP contribution in [0.1, 0.15) is 22.5 Å². The summed E-state index contributed by atoms with van der Waals surface area (Å²) in [5, 5.41) is 12.4. The number of rotatable bonds is 5. The van der Waals surface area contributed by atoms with Crippen molar-refractivity contribution in [1.82, 2.24) is 10.3 Å². The maximum atomic E-state index is 12.3. The highest BCUT2D eigenvalue weighted by atomic mass is 16.4.